The van der Waals surface area contributed by atoms with Gasteiger partial charge in [-0.25, -0.2) is 5.84 Å². The second kappa shape index (κ2) is 5.11. The number of hydrazine groups is 1. The van der Waals surface area contributed by atoms with E-state index >= 15 is 0 Å². The number of alkyl halides is 3. The molecule has 4 N–H and O–H groups in total. The molecule has 1 heterocycles. The maximum atomic E-state index is 12.8. The van der Waals surface area contributed by atoms with Gasteiger partial charge in [0.05, 0.1) is 15.9 Å². The van der Waals surface area contributed by atoms with Crippen LogP contribution in [0.15, 0.2) is 23.1 Å². The third-order valence-electron chi connectivity index (χ3n) is 2.87. The Morgan fingerprint density at radius 2 is 2.00 bits per heavy atom. The third-order valence-corrected chi connectivity index (χ3v) is 2.87. The van der Waals surface area contributed by atoms with Gasteiger partial charge in [-0.3, -0.25) is 25.1 Å². The van der Waals surface area contributed by atoms with Crippen LogP contribution in [0.2, 0.25) is 0 Å². The first kappa shape index (κ1) is 15.4. The molecule has 0 atom stereocenters. The second-order valence-electron chi connectivity index (χ2n) is 4.18. The monoisotopic (exact) mass is 316 g/mol. The minimum atomic E-state index is -4.89. The van der Waals surface area contributed by atoms with Gasteiger partial charge in [-0.2, -0.15) is 13.2 Å². The van der Waals surface area contributed by atoms with Crippen molar-refractivity contribution < 1.29 is 22.9 Å². The van der Waals surface area contributed by atoms with Gasteiger partial charge in [-0.15, -0.1) is 0 Å². The second-order valence-corrected chi connectivity index (χ2v) is 4.18. The standard InChI is InChI=1S/C11H7F3N4O4/c12-11(13,14)4-1-5-8(7(2-4)18(21)22)16-3-6(9(5)19)10(20)17-15/h1-3H,15H2,(H,16,19)(H,17,20). The largest absolute Gasteiger partial charge is 0.416 e. The number of aromatic nitrogens is 1. The van der Waals surface area contributed by atoms with Crippen LogP contribution >= 0.6 is 0 Å². The molecule has 1 aromatic heterocycles. The molecule has 0 aliphatic carbocycles. The van der Waals surface area contributed by atoms with E-state index in [0.29, 0.717) is 12.1 Å². The molecule has 0 saturated carbocycles. The van der Waals surface area contributed by atoms with Crippen LogP contribution in [-0.2, 0) is 6.18 Å². The summed E-state index contributed by atoms with van der Waals surface area (Å²) in [4.78, 5) is 35.5. The number of halogens is 3. The molecular formula is C11H7F3N4O4. The lowest BCUT2D eigenvalue weighted by molar-refractivity contribution is -0.383. The molecule has 2 rings (SSSR count). The molecule has 0 aliphatic heterocycles. The zero-order valence-corrected chi connectivity index (χ0v) is 10.5. The zero-order valence-electron chi connectivity index (χ0n) is 10.5. The topological polar surface area (TPSA) is 131 Å². The number of pyridine rings is 1. The number of amides is 1. The number of nitro groups is 1. The highest BCUT2D eigenvalue weighted by atomic mass is 19.4. The SMILES string of the molecule is NNC(=O)c1c[nH]c2c([N+](=O)[O-])cc(C(F)(F)F)cc2c1=O. The van der Waals surface area contributed by atoms with E-state index < -0.39 is 50.2 Å². The zero-order chi connectivity index (χ0) is 16.7. The molecular weight excluding hydrogens is 309 g/mol. The van der Waals surface area contributed by atoms with Crippen LogP contribution in [0.3, 0.4) is 0 Å². The van der Waals surface area contributed by atoms with Crippen molar-refractivity contribution in [2.45, 2.75) is 6.18 Å². The van der Waals surface area contributed by atoms with E-state index in [1.54, 1.807) is 5.43 Å². The number of carbonyl (C=O) groups excluding carboxylic acids is 1. The van der Waals surface area contributed by atoms with Crippen molar-refractivity contribution in [1.29, 1.82) is 0 Å². The summed E-state index contributed by atoms with van der Waals surface area (Å²) in [5.41, 5.74) is -2.74. The smallest absolute Gasteiger partial charge is 0.355 e. The molecule has 0 bridgehead atoms. The van der Waals surface area contributed by atoms with E-state index in [-0.39, 0.29) is 0 Å². The quantitative estimate of drug-likeness (QED) is 0.330. The van der Waals surface area contributed by atoms with Crippen molar-refractivity contribution in [2.75, 3.05) is 0 Å². The van der Waals surface area contributed by atoms with Gasteiger partial charge in [0.15, 0.2) is 0 Å². The van der Waals surface area contributed by atoms with Crippen molar-refractivity contribution in [2.24, 2.45) is 5.84 Å². The highest BCUT2D eigenvalue weighted by Crippen LogP contribution is 2.34. The van der Waals surface area contributed by atoms with Gasteiger partial charge in [-0.05, 0) is 6.07 Å². The highest BCUT2D eigenvalue weighted by Gasteiger charge is 2.34. The number of benzene rings is 1. The summed E-state index contributed by atoms with van der Waals surface area (Å²) in [6, 6.07) is 0.745. The number of non-ortho nitro benzene ring substituents is 1. The number of H-pyrrole nitrogens is 1. The Hall–Kier alpha value is -2.95. The maximum Gasteiger partial charge on any atom is 0.416 e. The normalized spacial score (nSPS) is 11.5. The summed E-state index contributed by atoms with van der Waals surface area (Å²) in [6.45, 7) is 0. The maximum absolute atomic E-state index is 12.8. The predicted octanol–water partition coefficient (Wildman–Crippen LogP) is 1.06. The number of nitrogen functional groups attached to an aromatic ring is 1. The Morgan fingerprint density at radius 3 is 2.50 bits per heavy atom. The minimum absolute atomic E-state index is 0.306. The van der Waals surface area contributed by atoms with E-state index in [2.05, 4.69) is 4.98 Å². The number of hydrogen-bond acceptors (Lipinski definition) is 5. The number of aromatic amines is 1. The average molecular weight is 316 g/mol. The van der Waals surface area contributed by atoms with Crippen LogP contribution in [0.4, 0.5) is 18.9 Å². The first-order valence-electron chi connectivity index (χ1n) is 5.58. The summed E-state index contributed by atoms with van der Waals surface area (Å²) >= 11 is 0. The molecule has 116 valence electrons. The van der Waals surface area contributed by atoms with Gasteiger partial charge in [0.2, 0.25) is 5.43 Å². The van der Waals surface area contributed by atoms with Crippen molar-refractivity contribution in [1.82, 2.24) is 10.4 Å². The van der Waals surface area contributed by atoms with Crippen LogP contribution in [0.25, 0.3) is 10.9 Å². The molecule has 0 unspecified atom stereocenters. The number of carbonyl (C=O) groups is 1. The van der Waals surface area contributed by atoms with Crippen LogP contribution in [0.1, 0.15) is 15.9 Å². The third kappa shape index (κ3) is 2.48. The number of nitrogens with two attached hydrogens (primary N) is 1. The molecule has 22 heavy (non-hydrogen) atoms. The Labute approximate surface area is 118 Å². The van der Waals surface area contributed by atoms with Gasteiger partial charge >= 0.3 is 6.18 Å². The van der Waals surface area contributed by atoms with Gasteiger partial charge in [-0.1, -0.05) is 0 Å². The van der Waals surface area contributed by atoms with E-state index in [9.17, 15) is 32.9 Å². The molecule has 1 aromatic carbocycles. The minimum Gasteiger partial charge on any atom is -0.355 e. The van der Waals surface area contributed by atoms with Crippen molar-refractivity contribution in [3.05, 3.63) is 49.8 Å². The summed E-state index contributed by atoms with van der Waals surface area (Å²) in [6.07, 6.45) is -4.05. The van der Waals surface area contributed by atoms with Crippen molar-refractivity contribution in [3.8, 4) is 0 Å². The predicted molar refractivity (Wildman–Crippen MR) is 67.9 cm³/mol. The van der Waals surface area contributed by atoms with E-state index in [1.807, 2.05) is 0 Å². The van der Waals surface area contributed by atoms with Crippen LogP contribution in [0.5, 0.6) is 0 Å². The first-order valence-corrected chi connectivity index (χ1v) is 5.58. The molecule has 0 saturated heterocycles. The molecule has 0 aliphatic rings. The van der Waals surface area contributed by atoms with Gasteiger partial charge in [0, 0.05) is 12.3 Å². The fourth-order valence-electron chi connectivity index (χ4n) is 1.87. The molecule has 11 heteroatoms. The Kier molecular flexibility index (Phi) is 3.58. The molecule has 0 fully saturated rings. The number of nitro benzene ring substituents is 1. The number of nitrogens with zero attached hydrogens (tertiary/aromatic N) is 1. The molecule has 0 radical (unpaired) electrons. The molecule has 8 nitrogen and oxygen atoms in total. The summed E-state index contributed by atoms with van der Waals surface area (Å²) in [5, 5.41) is 10.3. The lowest BCUT2D eigenvalue weighted by Crippen LogP contribution is -2.34. The van der Waals surface area contributed by atoms with Crippen molar-refractivity contribution >= 4 is 22.5 Å². The van der Waals surface area contributed by atoms with Gasteiger partial charge < -0.3 is 4.98 Å². The van der Waals surface area contributed by atoms with E-state index in [4.69, 9.17) is 5.84 Å². The molecule has 0 spiro atoms. The Bertz CT molecular complexity index is 844. The first-order chi connectivity index (χ1) is 10.2. The van der Waals surface area contributed by atoms with Crippen molar-refractivity contribution in [3.63, 3.8) is 0 Å². The lowest BCUT2D eigenvalue weighted by atomic mass is 10.1. The molecule has 1 amide bonds. The van der Waals surface area contributed by atoms with Crippen LogP contribution in [0, 0.1) is 10.1 Å². The Balaban J connectivity index is 2.92. The Morgan fingerprint density at radius 1 is 1.36 bits per heavy atom. The van der Waals surface area contributed by atoms with E-state index in [1.165, 1.54) is 0 Å². The molecule has 2 aromatic rings. The lowest BCUT2D eigenvalue weighted by Gasteiger charge is -2.09. The number of fused-ring (bicyclic) bond motifs is 1. The number of rotatable bonds is 2. The van der Waals surface area contributed by atoms with Crippen LogP contribution in [-0.4, -0.2) is 15.8 Å². The summed E-state index contributed by atoms with van der Waals surface area (Å²) < 4.78 is 38.3. The highest BCUT2D eigenvalue weighted by molar-refractivity contribution is 5.98. The van der Waals surface area contributed by atoms with Gasteiger partial charge in [0.1, 0.15) is 11.1 Å². The van der Waals surface area contributed by atoms with Gasteiger partial charge in [0.25, 0.3) is 11.6 Å². The fourth-order valence-corrected chi connectivity index (χ4v) is 1.87. The fraction of sp³-hybridized carbons (Fsp3) is 0.0909. The summed E-state index contributed by atoms with van der Waals surface area (Å²) in [5.74, 6) is 3.82. The summed E-state index contributed by atoms with van der Waals surface area (Å²) in [7, 11) is 0. The number of hydrogen-bond donors (Lipinski definition) is 3. The number of nitrogens with one attached hydrogen (secondary N) is 2. The average Bonchev–Trinajstić information content (AvgIpc) is 2.44. The van der Waals surface area contributed by atoms with Crippen LogP contribution < -0.4 is 16.7 Å². The van der Waals surface area contributed by atoms with E-state index in [0.717, 1.165) is 6.20 Å².